The highest BCUT2D eigenvalue weighted by atomic mass is 32.1. The van der Waals surface area contributed by atoms with E-state index in [1.807, 2.05) is 19.1 Å². The zero-order valence-corrected chi connectivity index (χ0v) is 19.2. The molecule has 2 aromatic heterocycles. The molecular formula is C23H30N4O4S. The smallest absolute Gasteiger partial charge is 0.409 e. The van der Waals surface area contributed by atoms with E-state index >= 15 is 0 Å². The second-order valence-corrected chi connectivity index (χ2v) is 9.58. The van der Waals surface area contributed by atoms with Gasteiger partial charge in [-0.05, 0) is 48.3 Å². The molecule has 3 N–H and O–H groups in total. The van der Waals surface area contributed by atoms with Gasteiger partial charge in [0.2, 0.25) is 5.91 Å². The van der Waals surface area contributed by atoms with Gasteiger partial charge in [0.15, 0.2) is 0 Å². The summed E-state index contributed by atoms with van der Waals surface area (Å²) in [6.45, 7) is 4.70. The molecular weight excluding hydrogens is 428 g/mol. The van der Waals surface area contributed by atoms with E-state index in [0.29, 0.717) is 45.0 Å². The summed E-state index contributed by atoms with van der Waals surface area (Å²) in [4.78, 5) is 31.8. The van der Waals surface area contributed by atoms with Crippen LogP contribution in [-0.4, -0.2) is 54.8 Å². The van der Waals surface area contributed by atoms with Gasteiger partial charge in [-0.15, -0.1) is 11.3 Å². The number of thiophene rings is 1. The number of rotatable bonds is 6. The first-order valence-electron chi connectivity index (χ1n) is 11.1. The predicted octanol–water partition coefficient (Wildman–Crippen LogP) is 3.43. The van der Waals surface area contributed by atoms with Crippen molar-refractivity contribution in [2.24, 2.45) is 5.92 Å². The van der Waals surface area contributed by atoms with E-state index in [1.54, 1.807) is 28.6 Å². The first-order chi connectivity index (χ1) is 15.5. The average molecular weight is 459 g/mol. The summed E-state index contributed by atoms with van der Waals surface area (Å²) >= 11 is 1.54. The van der Waals surface area contributed by atoms with Gasteiger partial charge in [-0.3, -0.25) is 9.78 Å². The van der Waals surface area contributed by atoms with Gasteiger partial charge in [0, 0.05) is 36.8 Å². The van der Waals surface area contributed by atoms with Crippen LogP contribution in [-0.2, 0) is 27.1 Å². The molecule has 4 rings (SSSR count). The van der Waals surface area contributed by atoms with Crippen molar-refractivity contribution in [2.45, 2.75) is 38.5 Å². The van der Waals surface area contributed by atoms with Crippen molar-refractivity contribution < 1.29 is 19.1 Å². The van der Waals surface area contributed by atoms with Crippen molar-refractivity contribution in [1.29, 1.82) is 0 Å². The van der Waals surface area contributed by atoms with Crippen LogP contribution in [0.2, 0.25) is 0 Å². The van der Waals surface area contributed by atoms with E-state index in [2.05, 4.69) is 10.3 Å². The summed E-state index contributed by atoms with van der Waals surface area (Å²) in [5, 5.41) is 3.73. The first kappa shape index (κ1) is 22.5. The summed E-state index contributed by atoms with van der Waals surface area (Å²) in [5.74, 6) is 0.285. The number of nitrogen functional groups attached to an aromatic ring is 1. The molecule has 9 heteroatoms. The second-order valence-electron chi connectivity index (χ2n) is 8.47. The number of anilines is 2. The zero-order valence-electron chi connectivity index (χ0n) is 18.3. The number of amides is 2. The van der Waals surface area contributed by atoms with Gasteiger partial charge in [-0.2, -0.15) is 0 Å². The highest BCUT2D eigenvalue weighted by Gasteiger charge is 2.27. The lowest BCUT2D eigenvalue weighted by Crippen LogP contribution is -2.41. The molecule has 1 saturated heterocycles. The Morgan fingerprint density at radius 2 is 2.22 bits per heavy atom. The summed E-state index contributed by atoms with van der Waals surface area (Å²) in [5.41, 5.74) is 9.20. The number of fused-ring (bicyclic) bond motifs is 1. The maximum atomic E-state index is 12.6. The van der Waals surface area contributed by atoms with Gasteiger partial charge in [-0.1, -0.05) is 13.0 Å². The largest absolute Gasteiger partial charge is 0.449 e. The van der Waals surface area contributed by atoms with Crippen molar-refractivity contribution in [2.75, 3.05) is 44.0 Å². The molecule has 1 fully saturated rings. The van der Waals surface area contributed by atoms with Crippen molar-refractivity contribution >= 4 is 34.0 Å². The van der Waals surface area contributed by atoms with Crippen LogP contribution in [0, 0.1) is 5.92 Å². The average Bonchev–Trinajstić information content (AvgIpc) is 3.12. The Morgan fingerprint density at radius 3 is 2.97 bits per heavy atom. The fourth-order valence-electron chi connectivity index (χ4n) is 4.18. The second kappa shape index (κ2) is 10.3. The summed E-state index contributed by atoms with van der Waals surface area (Å²) in [6.07, 6.45) is 6.18. The minimum Gasteiger partial charge on any atom is -0.449 e. The van der Waals surface area contributed by atoms with Crippen LogP contribution in [0.25, 0.3) is 0 Å². The quantitative estimate of drug-likeness (QED) is 0.687. The van der Waals surface area contributed by atoms with E-state index in [0.717, 1.165) is 35.4 Å². The van der Waals surface area contributed by atoms with Gasteiger partial charge in [0.1, 0.15) is 5.00 Å². The molecule has 0 bridgehead atoms. The van der Waals surface area contributed by atoms with E-state index in [-0.39, 0.29) is 23.8 Å². The number of ether oxygens (including phenoxy) is 2. The molecule has 32 heavy (non-hydrogen) atoms. The number of pyridine rings is 1. The molecule has 0 aromatic carbocycles. The van der Waals surface area contributed by atoms with Gasteiger partial charge in [-0.25, -0.2) is 4.79 Å². The number of hydrogen-bond acceptors (Lipinski definition) is 7. The van der Waals surface area contributed by atoms with Crippen molar-refractivity contribution in [3.05, 3.63) is 40.5 Å². The number of hydrogen-bond donors (Lipinski definition) is 2. The fourth-order valence-corrected chi connectivity index (χ4v) is 5.48. The molecule has 2 atom stereocenters. The SMILES string of the molecule is CC(CC(=O)Nc1sc2c(c1N)CCC(COC(=O)N1CCOCC1)C2)c1cccnc1. The molecule has 1 aliphatic carbocycles. The summed E-state index contributed by atoms with van der Waals surface area (Å²) < 4.78 is 10.8. The molecule has 2 aliphatic rings. The third kappa shape index (κ3) is 5.39. The first-order valence-corrected chi connectivity index (χ1v) is 11.9. The number of morpholine rings is 1. The lowest BCUT2D eigenvalue weighted by Gasteiger charge is -2.28. The number of carbonyl (C=O) groups is 2. The molecule has 2 aromatic rings. The Kier molecular flexibility index (Phi) is 7.26. The molecule has 2 unspecified atom stereocenters. The normalized spacial score (nSPS) is 19.2. The van der Waals surface area contributed by atoms with Gasteiger partial charge in [0.05, 0.1) is 25.5 Å². The number of nitrogens with one attached hydrogen (secondary N) is 1. The van der Waals surface area contributed by atoms with Crippen LogP contribution in [0.15, 0.2) is 24.5 Å². The van der Waals surface area contributed by atoms with E-state index < -0.39 is 0 Å². The zero-order chi connectivity index (χ0) is 22.5. The third-order valence-corrected chi connectivity index (χ3v) is 7.30. The van der Waals surface area contributed by atoms with Crippen LogP contribution < -0.4 is 11.1 Å². The third-order valence-electron chi connectivity index (χ3n) is 6.12. The topological polar surface area (TPSA) is 107 Å². The van der Waals surface area contributed by atoms with Crippen LogP contribution in [0.4, 0.5) is 15.5 Å². The molecule has 172 valence electrons. The van der Waals surface area contributed by atoms with E-state index in [1.165, 1.54) is 4.88 Å². The Morgan fingerprint density at radius 1 is 1.41 bits per heavy atom. The lowest BCUT2D eigenvalue weighted by atomic mass is 9.89. The van der Waals surface area contributed by atoms with Crippen LogP contribution in [0.3, 0.4) is 0 Å². The van der Waals surface area contributed by atoms with E-state index in [9.17, 15) is 9.59 Å². The number of aromatic nitrogens is 1. The maximum Gasteiger partial charge on any atom is 0.409 e. The molecule has 0 saturated carbocycles. The molecule has 8 nitrogen and oxygen atoms in total. The highest BCUT2D eigenvalue weighted by molar-refractivity contribution is 7.17. The van der Waals surface area contributed by atoms with Crippen molar-refractivity contribution in [1.82, 2.24) is 9.88 Å². The Balaban J connectivity index is 1.30. The lowest BCUT2D eigenvalue weighted by molar-refractivity contribution is -0.116. The van der Waals surface area contributed by atoms with Crippen LogP contribution >= 0.6 is 11.3 Å². The van der Waals surface area contributed by atoms with Crippen LogP contribution in [0.1, 0.15) is 41.7 Å². The van der Waals surface area contributed by atoms with Gasteiger partial charge >= 0.3 is 6.09 Å². The van der Waals surface area contributed by atoms with Crippen molar-refractivity contribution in [3.63, 3.8) is 0 Å². The minimum atomic E-state index is -0.263. The number of nitrogens with zero attached hydrogens (tertiary/aromatic N) is 2. The molecule has 0 radical (unpaired) electrons. The Hall–Kier alpha value is -2.65. The van der Waals surface area contributed by atoms with Crippen LogP contribution in [0.5, 0.6) is 0 Å². The fraction of sp³-hybridized carbons (Fsp3) is 0.522. The molecule has 1 aliphatic heterocycles. The van der Waals surface area contributed by atoms with E-state index in [4.69, 9.17) is 15.2 Å². The Labute approximate surface area is 192 Å². The molecule has 2 amide bonds. The number of carbonyl (C=O) groups excluding carboxylic acids is 2. The summed E-state index contributed by atoms with van der Waals surface area (Å²) in [7, 11) is 0. The highest BCUT2D eigenvalue weighted by Crippen LogP contribution is 2.41. The minimum absolute atomic E-state index is 0.0531. The van der Waals surface area contributed by atoms with Crippen molar-refractivity contribution in [3.8, 4) is 0 Å². The monoisotopic (exact) mass is 458 g/mol. The summed E-state index contributed by atoms with van der Waals surface area (Å²) in [6, 6.07) is 3.86. The Bertz CT molecular complexity index is 943. The van der Waals surface area contributed by atoms with Gasteiger partial charge < -0.3 is 25.4 Å². The molecule has 3 heterocycles. The number of nitrogens with two attached hydrogens (primary N) is 1. The van der Waals surface area contributed by atoms with Gasteiger partial charge in [0.25, 0.3) is 0 Å². The maximum absolute atomic E-state index is 12.6. The standard InChI is InChI=1S/C23H30N4O4S/c1-15(17-3-2-6-25-13-17)11-20(28)26-22-21(24)18-5-4-16(12-19(18)32-22)14-31-23(29)27-7-9-30-10-8-27/h2-3,6,13,15-16H,4-5,7-12,14,24H2,1H3,(H,26,28). The molecule has 0 spiro atoms. The predicted molar refractivity (Wildman–Crippen MR) is 124 cm³/mol.